The number of hydrogen-bond donors (Lipinski definition) is 1. The summed E-state index contributed by atoms with van der Waals surface area (Å²) in [4.78, 5) is 35.5. The molecule has 2 saturated heterocycles. The van der Waals surface area contributed by atoms with Crippen molar-refractivity contribution in [2.45, 2.75) is 77.6 Å². The summed E-state index contributed by atoms with van der Waals surface area (Å²) in [6, 6.07) is 6.62. The van der Waals surface area contributed by atoms with Gasteiger partial charge in [0, 0.05) is 28.2 Å². The van der Waals surface area contributed by atoms with Gasteiger partial charge in [-0.3, -0.25) is 9.59 Å². The summed E-state index contributed by atoms with van der Waals surface area (Å²) in [5, 5.41) is 10.1. The Morgan fingerprint density at radius 2 is 1.86 bits per heavy atom. The van der Waals surface area contributed by atoms with Crippen LogP contribution in [0.25, 0.3) is 5.76 Å². The van der Waals surface area contributed by atoms with Gasteiger partial charge in [-0.25, -0.2) is 4.79 Å². The number of benzene rings is 1. The van der Waals surface area contributed by atoms with Crippen LogP contribution in [0.5, 0.6) is 0 Å². The zero-order chi connectivity index (χ0) is 26.2. The molecule has 5 rings (SSSR count). The minimum absolute atomic E-state index is 0.0671. The van der Waals surface area contributed by atoms with Crippen LogP contribution in [0.2, 0.25) is 0 Å². The Balaban J connectivity index is 0.000000169. The maximum absolute atomic E-state index is 11.9. The molecule has 0 radical (unpaired) electrons. The van der Waals surface area contributed by atoms with Crippen LogP contribution in [0.15, 0.2) is 65.3 Å². The second kappa shape index (κ2) is 10.0. The highest BCUT2D eigenvalue weighted by Gasteiger charge is 2.61. The first-order chi connectivity index (χ1) is 17.0. The number of ketones is 2. The standard InChI is InChI=1S/C15H20O3.C15H14O3/c1-9-5-4-8-15(3)13(18-15)12-11(7-6-9)10(2)14(16)17-12;1-9(2)7-8-12-13(16)10-5-3-4-6-11(10)14(17)15(12)18/h5,11-13H,2,4,6-8H2,1,3H3;3-7,16H,8H2,1-2H3. The van der Waals surface area contributed by atoms with Crippen molar-refractivity contribution in [2.24, 2.45) is 5.92 Å². The lowest BCUT2D eigenvalue weighted by atomic mass is 9.84. The monoisotopic (exact) mass is 490 g/mol. The van der Waals surface area contributed by atoms with E-state index in [4.69, 9.17) is 9.47 Å². The van der Waals surface area contributed by atoms with Gasteiger partial charge in [0.2, 0.25) is 11.6 Å². The number of epoxide rings is 1. The highest BCUT2D eigenvalue weighted by atomic mass is 16.6. The van der Waals surface area contributed by atoms with Gasteiger partial charge in [-0.15, -0.1) is 0 Å². The number of carbonyl (C=O) groups is 3. The highest BCUT2D eigenvalue weighted by Crippen LogP contribution is 2.49. The van der Waals surface area contributed by atoms with Gasteiger partial charge in [-0.1, -0.05) is 54.1 Å². The van der Waals surface area contributed by atoms with Crippen molar-refractivity contribution in [3.05, 3.63) is 76.4 Å². The lowest BCUT2D eigenvalue weighted by Gasteiger charge is -2.19. The predicted octanol–water partition coefficient (Wildman–Crippen LogP) is 5.84. The molecule has 2 fully saturated rings. The van der Waals surface area contributed by atoms with Crippen LogP contribution < -0.4 is 0 Å². The van der Waals surface area contributed by atoms with Crippen LogP contribution in [-0.4, -0.2) is 40.5 Å². The van der Waals surface area contributed by atoms with Crippen molar-refractivity contribution in [3.63, 3.8) is 0 Å². The molecule has 6 heteroatoms. The lowest BCUT2D eigenvalue weighted by Crippen LogP contribution is -2.28. The number of hydrogen-bond acceptors (Lipinski definition) is 6. The number of carbonyl (C=O) groups excluding carboxylic acids is 3. The van der Waals surface area contributed by atoms with Crippen LogP contribution in [0.3, 0.4) is 0 Å². The third kappa shape index (κ3) is 5.00. The number of rotatable bonds is 2. The molecular weight excluding hydrogens is 456 g/mol. The van der Waals surface area contributed by atoms with Crippen molar-refractivity contribution in [2.75, 3.05) is 0 Å². The Kier molecular flexibility index (Phi) is 7.19. The van der Waals surface area contributed by atoms with E-state index in [1.165, 1.54) is 5.57 Å². The summed E-state index contributed by atoms with van der Waals surface area (Å²) in [6.07, 6.45) is 8.36. The Morgan fingerprint density at radius 3 is 2.56 bits per heavy atom. The summed E-state index contributed by atoms with van der Waals surface area (Å²) < 4.78 is 11.3. The van der Waals surface area contributed by atoms with Gasteiger partial charge in [0.05, 0.1) is 5.60 Å². The molecule has 36 heavy (non-hydrogen) atoms. The van der Waals surface area contributed by atoms with Crippen molar-refractivity contribution in [1.82, 2.24) is 0 Å². The van der Waals surface area contributed by atoms with Gasteiger partial charge in [-0.05, 0) is 59.8 Å². The van der Waals surface area contributed by atoms with E-state index >= 15 is 0 Å². The molecule has 1 aromatic carbocycles. The summed E-state index contributed by atoms with van der Waals surface area (Å²) in [5.74, 6) is -1.33. The first kappa shape index (κ1) is 25.8. The van der Waals surface area contributed by atoms with Gasteiger partial charge in [-0.2, -0.15) is 0 Å². The number of aliphatic hydroxyl groups is 1. The van der Waals surface area contributed by atoms with Gasteiger partial charge in [0.25, 0.3) is 0 Å². The first-order valence-electron chi connectivity index (χ1n) is 12.5. The van der Waals surface area contributed by atoms with Crippen LogP contribution in [0.4, 0.5) is 0 Å². The maximum atomic E-state index is 11.9. The molecule has 190 valence electrons. The Labute approximate surface area is 212 Å². The van der Waals surface area contributed by atoms with E-state index in [-0.39, 0.29) is 53.0 Å². The summed E-state index contributed by atoms with van der Waals surface area (Å²) in [7, 11) is 0. The minimum Gasteiger partial charge on any atom is -0.507 e. The molecule has 4 atom stereocenters. The number of fused-ring (bicyclic) bond motifs is 4. The molecule has 0 spiro atoms. The Morgan fingerprint density at radius 1 is 1.17 bits per heavy atom. The number of Topliss-reactive ketones (excluding diaryl/α,β-unsaturated/α-hetero) is 2. The Bertz CT molecular complexity index is 1210. The molecule has 6 nitrogen and oxygen atoms in total. The number of allylic oxidation sites excluding steroid dienone is 5. The molecule has 4 unspecified atom stereocenters. The summed E-state index contributed by atoms with van der Waals surface area (Å²) >= 11 is 0. The van der Waals surface area contributed by atoms with Crippen LogP contribution in [0, 0.1) is 5.92 Å². The van der Waals surface area contributed by atoms with E-state index in [1.807, 2.05) is 19.9 Å². The fourth-order valence-electron chi connectivity index (χ4n) is 5.12. The van der Waals surface area contributed by atoms with E-state index in [9.17, 15) is 19.5 Å². The van der Waals surface area contributed by atoms with Crippen LogP contribution >= 0.6 is 0 Å². The topological polar surface area (TPSA) is 93.2 Å². The van der Waals surface area contributed by atoms with Crippen LogP contribution in [0.1, 0.15) is 75.7 Å². The summed E-state index contributed by atoms with van der Waals surface area (Å²) in [5.41, 5.74) is 3.85. The molecule has 0 amide bonds. The number of esters is 1. The number of aliphatic hydroxyl groups excluding tert-OH is 1. The van der Waals surface area contributed by atoms with Gasteiger partial charge in [0.15, 0.2) is 0 Å². The van der Waals surface area contributed by atoms with E-state index in [1.54, 1.807) is 24.3 Å². The molecule has 1 aromatic rings. The van der Waals surface area contributed by atoms with Gasteiger partial charge in [0.1, 0.15) is 18.0 Å². The fraction of sp³-hybridized carbons (Fsp3) is 0.433. The third-order valence-corrected chi connectivity index (χ3v) is 7.48. The molecule has 0 bridgehead atoms. The van der Waals surface area contributed by atoms with Crippen LogP contribution in [-0.2, 0) is 19.1 Å². The van der Waals surface area contributed by atoms with Crippen molar-refractivity contribution in [3.8, 4) is 0 Å². The summed E-state index contributed by atoms with van der Waals surface area (Å²) in [6.45, 7) is 12.0. The third-order valence-electron chi connectivity index (χ3n) is 7.48. The predicted molar refractivity (Wildman–Crippen MR) is 137 cm³/mol. The molecule has 0 saturated carbocycles. The van der Waals surface area contributed by atoms with Crippen molar-refractivity contribution < 1.29 is 29.0 Å². The minimum atomic E-state index is -0.608. The molecule has 2 heterocycles. The molecular formula is C30H34O6. The largest absolute Gasteiger partial charge is 0.507 e. The van der Waals surface area contributed by atoms with E-state index < -0.39 is 11.6 Å². The van der Waals surface area contributed by atoms with Gasteiger partial charge < -0.3 is 14.6 Å². The molecule has 1 N–H and O–H groups in total. The molecule has 2 aliphatic carbocycles. The quantitative estimate of drug-likeness (QED) is 0.184. The van der Waals surface area contributed by atoms with Crippen molar-refractivity contribution in [1.29, 1.82) is 0 Å². The van der Waals surface area contributed by atoms with E-state index in [2.05, 4.69) is 26.5 Å². The Hall–Kier alpha value is -3.25. The van der Waals surface area contributed by atoms with Gasteiger partial charge >= 0.3 is 5.97 Å². The fourth-order valence-corrected chi connectivity index (χ4v) is 5.12. The smallest absolute Gasteiger partial charge is 0.334 e. The normalized spacial score (nSPS) is 29.1. The lowest BCUT2D eigenvalue weighted by molar-refractivity contribution is -0.140. The number of ether oxygens (including phenoxy) is 2. The highest BCUT2D eigenvalue weighted by molar-refractivity contribution is 6.52. The van der Waals surface area contributed by atoms with E-state index in [0.29, 0.717) is 11.1 Å². The molecule has 0 aromatic heterocycles. The van der Waals surface area contributed by atoms with E-state index in [0.717, 1.165) is 31.3 Å². The second-order valence-electron chi connectivity index (χ2n) is 10.5. The first-order valence-corrected chi connectivity index (χ1v) is 12.5. The maximum Gasteiger partial charge on any atom is 0.334 e. The average Bonchev–Trinajstić information content (AvgIpc) is 3.43. The second-order valence-corrected chi connectivity index (χ2v) is 10.5. The van der Waals surface area contributed by atoms with Crippen molar-refractivity contribution >= 4 is 23.3 Å². The zero-order valence-electron chi connectivity index (χ0n) is 21.4. The molecule has 4 aliphatic rings. The average molecular weight is 491 g/mol. The SMILES string of the molecule is C=C1C(=O)OC2C1CCC(C)=CCCC1(C)OC21.CC(C)=CCC1=C(O)c2ccccc2C(=O)C1=O. The molecule has 2 aliphatic heterocycles. The zero-order valence-corrected chi connectivity index (χ0v) is 21.4.